The van der Waals surface area contributed by atoms with Crippen LogP contribution in [-0.2, 0) is 0 Å². The minimum atomic E-state index is 0.138. The maximum Gasteiger partial charge on any atom is 0.175 e. The number of benzene rings is 2. The van der Waals surface area contributed by atoms with Crippen LogP contribution in [0.3, 0.4) is 0 Å². The lowest BCUT2D eigenvalue weighted by Gasteiger charge is -2.13. The molecule has 0 aliphatic heterocycles. The van der Waals surface area contributed by atoms with Gasteiger partial charge in [-0.2, -0.15) is 0 Å². The van der Waals surface area contributed by atoms with Crippen molar-refractivity contribution in [2.75, 3.05) is 10.6 Å². The highest BCUT2D eigenvalue weighted by molar-refractivity contribution is 7.80. The van der Waals surface area contributed by atoms with Gasteiger partial charge in [0, 0.05) is 22.5 Å². The molecule has 0 aliphatic carbocycles. The van der Waals surface area contributed by atoms with Crippen molar-refractivity contribution in [3.63, 3.8) is 0 Å². The molecule has 2 aromatic rings. The van der Waals surface area contributed by atoms with Crippen molar-refractivity contribution in [3.05, 3.63) is 53.6 Å². The van der Waals surface area contributed by atoms with Gasteiger partial charge in [0.25, 0.3) is 0 Å². The van der Waals surface area contributed by atoms with E-state index in [1.165, 1.54) is 0 Å². The zero-order valence-corrected chi connectivity index (χ0v) is 13.5. The second-order valence-corrected chi connectivity index (χ2v) is 5.63. The van der Waals surface area contributed by atoms with E-state index < -0.39 is 0 Å². The molecule has 0 heterocycles. The van der Waals surface area contributed by atoms with Crippen LogP contribution in [0.25, 0.3) is 0 Å². The van der Waals surface area contributed by atoms with Crippen LogP contribution in [0.15, 0.2) is 48.5 Å². The molecule has 0 unspecified atom stereocenters. The van der Waals surface area contributed by atoms with Crippen molar-refractivity contribution in [2.45, 2.75) is 20.0 Å². The monoisotopic (exact) mass is 320 g/mol. The first-order valence-corrected chi connectivity index (χ1v) is 7.42. The Morgan fingerprint density at radius 2 is 1.71 bits per heavy atom. The first-order chi connectivity index (χ1) is 10.0. The maximum atomic E-state index is 5.85. The summed E-state index contributed by atoms with van der Waals surface area (Å²) in [6.07, 6.45) is 0.138. The average molecular weight is 321 g/mol. The van der Waals surface area contributed by atoms with Crippen molar-refractivity contribution >= 4 is 40.3 Å². The lowest BCUT2D eigenvalue weighted by molar-refractivity contribution is 0.242. The van der Waals surface area contributed by atoms with E-state index in [9.17, 15) is 0 Å². The molecular weight excluding hydrogens is 304 g/mol. The zero-order chi connectivity index (χ0) is 15.2. The molecule has 0 spiro atoms. The van der Waals surface area contributed by atoms with Crippen molar-refractivity contribution < 1.29 is 4.74 Å². The van der Waals surface area contributed by atoms with E-state index >= 15 is 0 Å². The minimum Gasteiger partial charge on any atom is -0.491 e. The smallest absolute Gasteiger partial charge is 0.175 e. The molecule has 5 heteroatoms. The molecule has 2 aromatic carbocycles. The molecule has 2 rings (SSSR count). The fourth-order valence-electron chi connectivity index (χ4n) is 1.75. The Labute approximate surface area is 135 Å². The molecule has 0 atom stereocenters. The minimum absolute atomic E-state index is 0.138. The van der Waals surface area contributed by atoms with E-state index in [-0.39, 0.29) is 6.10 Å². The summed E-state index contributed by atoms with van der Waals surface area (Å²) < 4.78 is 5.65. The van der Waals surface area contributed by atoms with Crippen LogP contribution in [-0.4, -0.2) is 11.2 Å². The quantitative estimate of drug-likeness (QED) is 0.782. The lowest BCUT2D eigenvalue weighted by Crippen LogP contribution is -2.19. The highest BCUT2D eigenvalue weighted by Gasteiger charge is 2.02. The molecule has 110 valence electrons. The number of hydrogen-bond donors (Lipinski definition) is 2. The van der Waals surface area contributed by atoms with Gasteiger partial charge in [-0.25, -0.2) is 0 Å². The van der Waals surface area contributed by atoms with Gasteiger partial charge in [-0.05, 0) is 62.5 Å². The van der Waals surface area contributed by atoms with Crippen molar-refractivity contribution in [1.29, 1.82) is 0 Å². The second-order valence-electron chi connectivity index (χ2n) is 4.78. The number of halogens is 1. The number of thiocarbonyl (C=S) groups is 1. The second kappa shape index (κ2) is 7.29. The average Bonchev–Trinajstić information content (AvgIpc) is 2.41. The molecule has 0 aliphatic rings. The van der Waals surface area contributed by atoms with Gasteiger partial charge < -0.3 is 15.4 Å². The molecule has 2 N–H and O–H groups in total. The van der Waals surface area contributed by atoms with E-state index in [0.29, 0.717) is 10.1 Å². The topological polar surface area (TPSA) is 33.3 Å². The first-order valence-electron chi connectivity index (χ1n) is 6.63. The Hall–Kier alpha value is -1.78. The molecule has 0 radical (unpaired) electrons. The van der Waals surface area contributed by atoms with Crippen LogP contribution in [0.1, 0.15) is 13.8 Å². The predicted octanol–water partition coefficient (Wildman–Crippen LogP) is 4.94. The number of anilines is 2. The molecule has 0 bridgehead atoms. The number of rotatable bonds is 4. The van der Waals surface area contributed by atoms with E-state index in [1.54, 1.807) is 0 Å². The van der Waals surface area contributed by atoms with Crippen LogP contribution in [0.2, 0.25) is 5.02 Å². The van der Waals surface area contributed by atoms with Crippen LogP contribution in [0.4, 0.5) is 11.4 Å². The molecule has 0 fully saturated rings. The summed E-state index contributed by atoms with van der Waals surface area (Å²) in [7, 11) is 0. The van der Waals surface area contributed by atoms with E-state index in [2.05, 4.69) is 10.6 Å². The highest BCUT2D eigenvalue weighted by Crippen LogP contribution is 2.19. The van der Waals surface area contributed by atoms with E-state index in [1.807, 2.05) is 62.4 Å². The Bertz CT molecular complexity index is 614. The molecule has 0 saturated heterocycles. The third-order valence-corrected chi connectivity index (χ3v) is 3.02. The van der Waals surface area contributed by atoms with Gasteiger partial charge in [0.1, 0.15) is 5.75 Å². The Morgan fingerprint density at radius 3 is 2.38 bits per heavy atom. The van der Waals surface area contributed by atoms with Crippen molar-refractivity contribution in [1.82, 2.24) is 0 Å². The normalized spacial score (nSPS) is 10.3. The summed E-state index contributed by atoms with van der Waals surface area (Å²) in [5.74, 6) is 0.810. The summed E-state index contributed by atoms with van der Waals surface area (Å²) in [6.45, 7) is 3.99. The van der Waals surface area contributed by atoms with Crippen LogP contribution >= 0.6 is 23.8 Å². The first kappa shape index (κ1) is 15.6. The molecule has 0 aromatic heterocycles. The summed E-state index contributed by atoms with van der Waals surface area (Å²) >= 11 is 11.1. The molecule has 0 saturated carbocycles. The maximum absolute atomic E-state index is 5.85. The molecule has 3 nitrogen and oxygen atoms in total. The molecule has 0 amide bonds. The SMILES string of the molecule is CC(C)Oc1cccc(NC(=S)Nc2ccc(Cl)cc2)c1. The van der Waals surface area contributed by atoms with Gasteiger partial charge in [-0.1, -0.05) is 17.7 Å². The number of ether oxygens (including phenoxy) is 1. The van der Waals surface area contributed by atoms with Crippen LogP contribution in [0, 0.1) is 0 Å². The van der Waals surface area contributed by atoms with Crippen molar-refractivity contribution in [3.8, 4) is 5.75 Å². The summed E-state index contributed by atoms with van der Waals surface area (Å²) in [5.41, 5.74) is 1.76. The number of hydrogen-bond acceptors (Lipinski definition) is 2. The molecule has 21 heavy (non-hydrogen) atoms. The third kappa shape index (κ3) is 5.25. The van der Waals surface area contributed by atoms with Crippen LogP contribution < -0.4 is 15.4 Å². The summed E-state index contributed by atoms with van der Waals surface area (Å²) in [5, 5.41) is 7.43. The predicted molar refractivity (Wildman–Crippen MR) is 93.5 cm³/mol. The van der Waals surface area contributed by atoms with Gasteiger partial charge in [0.2, 0.25) is 0 Å². The molecular formula is C16H17ClN2OS. The Balaban J connectivity index is 1.97. The largest absolute Gasteiger partial charge is 0.491 e. The Kier molecular flexibility index (Phi) is 5.42. The van der Waals surface area contributed by atoms with Crippen molar-refractivity contribution in [2.24, 2.45) is 0 Å². The van der Waals surface area contributed by atoms with E-state index in [0.717, 1.165) is 17.1 Å². The van der Waals surface area contributed by atoms with Gasteiger partial charge in [-0.3, -0.25) is 0 Å². The van der Waals surface area contributed by atoms with Gasteiger partial charge in [0.05, 0.1) is 6.10 Å². The van der Waals surface area contributed by atoms with Gasteiger partial charge in [-0.15, -0.1) is 0 Å². The van der Waals surface area contributed by atoms with Gasteiger partial charge in [0.15, 0.2) is 5.11 Å². The van der Waals surface area contributed by atoms with E-state index in [4.69, 9.17) is 28.6 Å². The van der Waals surface area contributed by atoms with Crippen LogP contribution in [0.5, 0.6) is 5.75 Å². The standard InChI is InChI=1S/C16H17ClN2OS/c1-11(2)20-15-5-3-4-14(10-15)19-16(21)18-13-8-6-12(17)7-9-13/h3-11H,1-2H3,(H2,18,19,21). The lowest BCUT2D eigenvalue weighted by atomic mass is 10.3. The fraction of sp³-hybridized carbons (Fsp3) is 0.188. The van der Waals surface area contributed by atoms with Gasteiger partial charge >= 0.3 is 0 Å². The Morgan fingerprint density at radius 1 is 1.05 bits per heavy atom. The fourth-order valence-corrected chi connectivity index (χ4v) is 2.11. The third-order valence-electron chi connectivity index (χ3n) is 2.57. The highest BCUT2D eigenvalue weighted by atomic mass is 35.5. The zero-order valence-electron chi connectivity index (χ0n) is 11.9. The summed E-state index contributed by atoms with van der Waals surface area (Å²) in [4.78, 5) is 0. The summed E-state index contributed by atoms with van der Waals surface area (Å²) in [6, 6.07) is 15.0. The number of nitrogens with one attached hydrogen (secondary N) is 2.